The molecule has 101 heavy (non-hydrogen) atoms. The Labute approximate surface area is 680 Å². The molecule has 0 radical (unpaired) electrons. The zero-order valence-corrected chi connectivity index (χ0v) is 71.4. The fourth-order valence-electron chi connectivity index (χ4n) is 12.2. The molecule has 1 aliphatic carbocycles. The van der Waals surface area contributed by atoms with E-state index in [1.54, 1.807) is 0 Å². The molecule has 0 N–H and O–H groups in total. The standard InChI is InChI=1S/C24H18BrN.C18H11BrS.C15H12Br2.C12H6Br2O.C12H6Br2S.C6H4Br2/c25-21-13-17-24(18-14-21)26(22-9-5-2-6-10-22)23-15-11-20(12-16-23)19-7-3-1-4-8-19;19-13-10-8-12(9-11-13)14-5-3-6-16-15-4-1-2-7-17(15)20-18(14)16;1-15(2)13-7-9(16)3-5-11(13)12-6-4-10(17)8-14(12)15;2*13-7-1-3-9-10-4-2-8(14)6-12(10)15-11(9)5-7;7-5-1-2-6(8)4-3-5/h1-18H;1-11H;3-8H,1-2H3;2*1-6H;1-4H. The van der Waals surface area contributed by atoms with Crippen LogP contribution in [0, 0.1) is 0 Å². The Bertz CT molecular complexity index is 5440. The summed E-state index contributed by atoms with van der Waals surface area (Å²) in [7, 11) is 0. The molecule has 2 nitrogen and oxygen atoms in total. The highest BCUT2D eigenvalue weighted by atomic mass is 79.9. The normalized spacial score (nSPS) is 11.6. The number of thiophene rings is 2. The van der Waals surface area contributed by atoms with Crippen LogP contribution in [0.1, 0.15) is 25.0 Å². The van der Waals surface area contributed by atoms with Gasteiger partial charge in [-0.3, -0.25) is 0 Å². The van der Waals surface area contributed by atoms with E-state index in [2.05, 4.69) is 427 Å². The van der Waals surface area contributed by atoms with E-state index in [1.165, 1.54) is 84.9 Å². The Balaban J connectivity index is 0.000000111. The van der Waals surface area contributed by atoms with E-state index in [-0.39, 0.29) is 5.41 Å². The third-order valence-corrected chi connectivity index (χ3v) is 24.5. The Morgan fingerprint density at radius 3 is 1.13 bits per heavy atom. The van der Waals surface area contributed by atoms with E-state index in [0.717, 1.165) is 83.7 Å². The largest absolute Gasteiger partial charge is 0.456 e. The molecular formula is C87H57Br10NOS2. The first-order valence-corrected chi connectivity index (χ1v) is 41.5. The summed E-state index contributed by atoms with van der Waals surface area (Å²) in [6, 6.07) is 108. The molecule has 0 spiro atoms. The highest BCUT2D eigenvalue weighted by Gasteiger charge is 2.35. The lowest BCUT2D eigenvalue weighted by Gasteiger charge is -2.25. The van der Waals surface area contributed by atoms with Gasteiger partial charge in [0.05, 0.1) is 0 Å². The van der Waals surface area contributed by atoms with Crippen LogP contribution in [0.25, 0.3) is 95.7 Å². The van der Waals surface area contributed by atoms with Crippen LogP contribution in [-0.4, -0.2) is 0 Å². The zero-order valence-electron chi connectivity index (χ0n) is 53.9. The molecule has 18 rings (SSSR count). The highest BCUT2D eigenvalue weighted by Crippen LogP contribution is 2.50. The Morgan fingerprint density at radius 1 is 0.257 bits per heavy atom. The number of para-hydroxylation sites is 1. The zero-order chi connectivity index (χ0) is 70.3. The van der Waals surface area contributed by atoms with Crippen molar-refractivity contribution in [3.05, 3.63) is 365 Å². The molecule has 17 aromatic rings. The maximum absolute atomic E-state index is 5.75. The smallest absolute Gasteiger partial charge is 0.136 e. The summed E-state index contributed by atoms with van der Waals surface area (Å²) in [5, 5.41) is 7.69. The molecule has 0 atom stereocenters. The van der Waals surface area contributed by atoms with Crippen molar-refractivity contribution in [1.82, 2.24) is 0 Å². The van der Waals surface area contributed by atoms with E-state index in [4.69, 9.17) is 4.42 Å². The third kappa shape index (κ3) is 17.5. The summed E-state index contributed by atoms with van der Waals surface area (Å²) < 4.78 is 22.2. The van der Waals surface area contributed by atoms with Crippen LogP contribution >= 0.6 is 182 Å². The van der Waals surface area contributed by atoms with E-state index in [9.17, 15) is 0 Å². The van der Waals surface area contributed by atoms with Gasteiger partial charge < -0.3 is 9.32 Å². The average Bonchev–Trinajstić information content (AvgIpc) is 1.59. The number of hydrogen-bond acceptors (Lipinski definition) is 4. The van der Waals surface area contributed by atoms with Crippen molar-refractivity contribution in [2.24, 2.45) is 0 Å². The summed E-state index contributed by atoms with van der Waals surface area (Å²) in [4.78, 5) is 2.27. The second kappa shape index (κ2) is 33.4. The Hall–Kier alpha value is -6.08. The number of nitrogens with zero attached hydrogens (tertiary/aromatic N) is 1. The monoisotopic (exact) mass is 1980 g/mol. The number of anilines is 3. The molecule has 0 bridgehead atoms. The fraction of sp³-hybridized carbons (Fsp3) is 0.0345. The van der Waals surface area contributed by atoms with Crippen molar-refractivity contribution in [2.75, 3.05) is 4.90 Å². The maximum Gasteiger partial charge on any atom is 0.136 e. The average molecular weight is 2000 g/mol. The SMILES string of the molecule is Brc1ccc(-c2cccc3c2sc2ccccc23)cc1.Brc1ccc(Br)cc1.Brc1ccc(N(c2ccccc2)c2ccc(-c3ccccc3)cc2)cc1.Brc1ccc2c(c1)oc1cc(Br)ccc12.Brc1ccc2c(c1)sc1cc(Br)ccc12.CC1(C)c2cc(Br)ccc2-c2ccc(Br)cc21. The van der Waals surface area contributed by atoms with Gasteiger partial charge in [-0.1, -0.05) is 307 Å². The van der Waals surface area contributed by atoms with Crippen molar-refractivity contribution < 1.29 is 4.42 Å². The topological polar surface area (TPSA) is 16.4 Å². The minimum atomic E-state index is 0.0816. The van der Waals surface area contributed by atoms with E-state index >= 15 is 0 Å². The Kier molecular flexibility index (Phi) is 24.2. The van der Waals surface area contributed by atoms with Crippen LogP contribution in [0.2, 0.25) is 0 Å². The minimum Gasteiger partial charge on any atom is -0.456 e. The predicted molar refractivity (Wildman–Crippen MR) is 472 cm³/mol. The van der Waals surface area contributed by atoms with Crippen LogP contribution in [0.4, 0.5) is 17.1 Å². The number of rotatable bonds is 5. The van der Waals surface area contributed by atoms with E-state index < -0.39 is 0 Å². The molecule has 14 heteroatoms. The maximum atomic E-state index is 5.75. The number of hydrogen-bond donors (Lipinski definition) is 0. The van der Waals surface area contributed by atoms with Crippen LogP contribution in [-0.2, 0) is 5.41 Å². The van der Waals surface area contributed by atoms with Crippen LogP contribution < -0.4 is 4.90 Å². The molecule has 0 amide bonds. The van der Waals surface area contributed by atoms with E-state index in [1.807, 2.05) is 83.3 Å². The third-order valence-electron chi connectivity index (χ3n) is 17.1. The molecule has 3 aromatic heterocycles. The molecule has 0 saturated carbocycles. The van der Waals surface area contributed by atoms with Gasteiger partial charge in [0.15, 0.2) is 0 Å². The summed E-state index contributed by atoms with van der Waals surface area (Å²) in [6.07, 6.45) is 0. The van der Waals surface area contributed by atoms with Crippen LogP contribution in [0.3, 0.4) is 0 Å². The van der Waals surface area contributed by atoms with Crippen LogP contribution in [0.5, 0.6) is 0 Å². The molecule has 1 aliphatic rings. The van der Waals surface area contributed by atoms with Gasteiger partial charge >= 0.3 is 0 Å². The lowest BCUT2D eigenvalue weighted by molar-refractivity contribution is 0.659. The van der Waals surface area contributed by atoms with Gasteiger partial charge in [-0.05, 0) is 220 Å². The number of benzene rings is 14. The molecular weight excluding hydrogens is 1940 g/mol. The van der Waals surface area contributed by atoms with Gasteiger partial charge in [0, 0.05) is 118 Å². The number of halogens is 10. The summed E-state index contributed by atoms with van der Waals surface area (Å²) in [5.41, 5.74) is 15.9. The number of furan rings is 1. The Morgan fingerprint density at radius 2 is 0.614 bits per heavy atom. The van der Waals surface area contributed by atoms with E-state index in [0.29, 0.717) is 0 Å². The molecule has 3 heterocycles. The van der Waals surface area contributed by atoms with Crippen molar-refractivity contribution in [3.63, 3.8) is 0 Å². The van der Waals surface area contributed by atoms with Gasteiger partial charge in [0.25, 0.3) is 0 Å². The van der Waals surface area contributed by atoms with Crippen molar-refractivity contribution in [2.45, 2.75) is 19.3 Å². The summed E-state index contributed by atoms with van der Waals surface area (Å²) in [6.45, 7) is 4.58. The predicted octanol–water partition coefficient (Wildman–Crippen LogP) is 33.5. The molecule has 14 aromatic carbocycles. The van der Waals surface area contributed by atoms with Gasteiger partial charge in [-0.25, -0.2) is 0 Å². The number of fused-ring (bicyclic) bond motifs is 12. The van der Waals surface area contributed by atoms with Crippen molar-refractivity contribution in [3.8, 4) is 33.4 Å². The first kappa shape index (κ1) is 73.2. The fourth-order valence-corrected chi connectivity index (χ4v) is 18.1. The van der Waals surface area contributed by atoms with Crippen LogP contribution in [0.15, 0.2) is 359 Å². The quantitative estimate of drug-likeness (QED) is 0.171. The van der Waals surface area contributed by atoms with Gasteiger partial charge in [0.2, 0.25) is 0 Å². The summed E-state index contributed by atoms with van der Waals surface area (Å²) >= 11 is 38.4. The minimum absolute atomic E-state index is 0.0816. The molecule has 498 valence electrons. The lowest BCUT2D eigenvalue weighted by atomic mass is 9.82. The molecule has 0 unspecified atom stereocenters. The lowest BCUT2D eigenvalue weighted by Crippen LogP contribution is -2.14. The molecule has 0 saturated heterocycles. The first-order valence-electron chi connectivity index (χ1n) is 31.9. The van der Waals surface area contributed by atoms with Crippen molar-refractivity contribution >= 4 is 261 Å². The summed E-state index contributed by atoms with van der Waals surface area (Å²) in [5.74, 6) is 0. The van der Waals surface area contributed by atoms with Gasteiger partial charge in [0.1, 0.15) is 11.2 Å². The molecule has 0 aliphatic heterocycles. The van der Waals surface area contributed by atoms with Crippen molar-refractivity contribution in [1.29, 1.82) is 0 Å². The second-order valence-corrected chi connectivity index (χ2v) is 35.3. The van der Waals surface area contributed by atoms with Gasteiger partial charge in [-0.2, -0.15) is 0 Å². The first-order chi connectivity index (χ1) is 48.9. The van der Waals surface area contributed by atoms with Gasteiger partial charge in [-0.15, -0.1) is 22.7 Å². The molecule has 0 fully saturated rings. The highest BCUT2D eigenvalue weighted by molar-refractivity contribution is 9.12. The second-order valence-electron chi connectivity index (χ2n) is 24.1.